The first-order valence-electron chi connectivity index (χ1n) is 6.97. The van der Waals surface area contributed by atoms with Crippen molar-refractivity contribution in [2.24, 2.45) is 11.7 Å². The van der Waals surface area contributed by atoms with Gasteiger partial charge >= 0.3 is 0 Å². The standard InChI is InChI=1S/C15H19FN2O2S/c1-2-12-7-9-18(11-12)21(19,20)15-6-5-14(16)10-13(15)4-3-8-17/h5-6,10,12H,2,7-9,11,17H2,1H3. The van der Waals surface area contributed by atoms with E-state index in [9.17, 15) is 12.8 Å². The number of benzene rings is 1. The monoisotopic (exact) mass is 310 g/mol. The quantitative estimate of drug-likeness (QED) is 0.862. The first-order chi connectivity index (χ1) is 9.98. The summed E-state index contributed by atoms with van der Waals surface area (Å²) in [6.45, 7) is 3.16. The van der Waals surface area contributed by atoms with Crippen molar-refractivity contribution in [3.63, 3.8) is 0 Å². The zero-order chi connectivity index (χ0) is 15.5. The van der Waals surface area contributed by atoms with Crippen LogP contribution in [-0.4, -0.2) is 32.4 Å². The summed E-state index contributed by atoms with van der Waals surface area (Å²) in [5, 5.41) is 0. The van der Waals surface area contributed by atoms with Gasteiger partial charge in [-0.2, -0.15) is 4.31 Å². The summed E-state index contributed by atoms with van der Waals surface area (Å²) in [6.07, 6.45) is 1.82. The third kappa shape index (κ3) is 3.43. The molecule has 1 heterocycles. The van der Waals surface area contributed by atoms with Gasteiger partial charge in [0.1, 0.15) is 5.82 Å². The van der Waals surface area contributed by atoms with E-state index in [-0.39, 0.29) is 17.0 Å². The summed E-state index contributed by atoms with van der Waals surface area (Å²) >= 11 is 0. The Morgan fingerprint density at radius 1 is 1.48 bits per heavy atom. The Kier molecular flexibility index (Phi) is 4.99. The van der Waals surface area contributed by atoms with Crippen molar-refractivity contribution >= 4 is 10.0 Å². The molecule has 1 aliphatic rings. The van der Waals surface area contributed by atoms with Crippen LogP contribution in [0.2, 0.25) is 0 Å². The summed E-state index contributed by atoms with van der Waals surface area (Å²) in [6, 6.07) is 3.57. The van der Waals surface area contributed by atoms with E-state index >= 15 is 0 Å². The van der Waals surface area contributed by atoms with E-state index in [0.717, 1.165) is 25.0 Å². The van der Waals surface area contributed by atoms with Gasteiger partial charge in [0.15, 0.2) is 0 Å². The Morgan fingerprint density at radius 2 is 2.24 bits per heavy atom. The van der Waals surface area contributed by atoms with Crippen LogP contribution in [0.15, 0.2) is 23.1 Å². The number of hydrogen-bond acceptors (Lipinski definition) is 3. The zero-order valence-electron chi connectivity index (χ0n) is 12.0. The van der Waals surface area contributed by atoms with Gasteiger partial charge in [-0.1, -0.05) is 25.2 Å². The Labute approximate surface area is 125 Å². The number of sulfonamides is 1. The van der Waals surface area contributed by atoms with Crippen LogP contribution in [-0.2, 0) is 10.0 Å². The molecule has 1 saturated heterocycles. The van der Waals surface area contributed by atoms with E-state index < -0.39 is 15.8 Å². The molecule has 0 bridgehead atoms. The zero-order valence-corrected chi connectivity index (χ0v) is 12.8. The maximum Gasteiger partial charge on any atom is 0.244 e. The van der Waals surface area contributed by atoms with Gasteiger partial charge in [0, 0.05) is 18.7 Å². The minimum atomic E-state index is -3.64. The van der Waals surface area contributed by atoms with Gasteiger partial charge in [-0.15, -0.1) is 0 Å². The van der Waals surface area contributed by atoms with Gasteiger partial charge in [-0.25, -0.2) is 12.8 Å². The van der Waals surface area contributed by atoms with Crippen molar-refractivity contribution in [3.05, 3.63) is 29.6 Å². The van der Waals surface area contributed by atoms with Crippen LogP contribution < -0.4 is 5.73 Å². The second-order valence-corrected chi connectivity index (χ2v) is 6.98. The van der Waals surface area contributed by atoms with Gasteiger partial charge in [0.25, 0.3) is 0 Å². The molecule has 114 valence electrons. The molecule has 1 aromatic carbocycles. The summed E-state index contributed by atoms with van der Waals surface area (Å²) in [5.74, 6) is 5.11. The van der Waals surface area contributed by atoms with Gasteiger partial charge in [0.05, 0.1) is 11.4 Å². The largest absolute Gasteiger partial charge is 0.320 e. The molecule has 1 atom stereocenters. The lowest BCUT2D eigenvalue weighted by molar-refractivity contribution is 0.452. The van der Waals surface area contributed by atoms with Gasteiger partial charge < -0.3 is 5.73 Å². The molecular formula is C15H19FN2O2S. The van der Waals surface area contributed by atoms with Crippen LogP contribution in [0, 0.1) is 23.6 Å². The van der Waals surface area contributed by atoms with Crippen LogP contribution in [0.4, 0.5) is 4.39 Å². The maximum absolute atomic E-state index is 13.3. The molecule has 4 nitrogen and oxygen atoms in total. The summed E-state index contributed by atoms with van der Waals surface area (Å²) in [5.41, 5.74) is 5.47. The normalized spacial score (nSPS) is 19.3. The predicted octanol–water partition coefficient (Wildman–Crippen LogP) is 1.56. The number of nitrogens with zero attached hydrogens (tertiary/aromatic N) is 1. The topological polar surface area (TPSA) is 63.4 Å². The summed E-state index contributed by atoms with van der Waals surface area (Å²) < 4.78 is 40.2. The molecule has 0 radical (unpaired) electrons. The minimum absolute atomic E-state index is 0.0570. The third-order valence-electron chi connectivity index (χ3n) is 3.71. The second-order valence-electron chi connectivity index (χ2n) is 5.07. The Bertz CT molecular complexity index is 677. The SMILES string of the molecule is CCC1CCN(S(=O)(=O)c2ccc(F)cc2C#CCN)C1. The molecule has 6 heteroatoms. The van der Waals surface area contributed by atoms with E-state index in [2.05, 4.69) is 18.8 Å². The van der Waals surface area contributed by atoms with E-state index in [1.807, 2.05) is 0 Å². The molecule has 2 N–H and O–H groups in total. The third-order valence-corrected chi connectivity index (χ3v) is 5.63. The molecule has 1 fully saturated rings. The molecule has 1 unspecified atom stereocenters. The van der Waals surface area contributed by atoms with Crippen molar-refractivity contribution in [1.82, 2.24) is 4.31 Å². The van der Waals surface area contributed by atoms with E-state index in [4.69, 9.17) is 5.73 Å². The van der Waals surface area contributed by atoms with E-state index in [0.29, 0.717) is 19.0 Å². The van der Waals surface area contributed by atoms with Crippen LogP contribution in [0.5, 0.6) is 0 Å². The maximum atomic E-state index is 13.3. The highest BCUT2D eigenvalue weighted by Gasteiger charge is 2.33. The molecule has 0 aliphatic carbocycles. The van der Waals surface area contributed by atoms with Crippen molar-refractivity contribution in [3.8, 4) is 11.8 Å². The predicted molar refractivity (Wildman–Crippen MR) is 79.5 cm³/mol. The van der Waals surface area contributed by atoms with E-state index in [1.165, 1.54) is 10.4 Å². The number of hydrogen-bond donors (Lipinski definition) is 1. The highest BCUT2D eigenvalue weighted by Crippen LogP contribution is 2.27. The molecule has 0 saturated carbocycles. The average Bonchev–Trinajstić information content (AvgIpc) is 2.94. The van der Waals surface area contributed by atoms with Crippen LogP contribution in [0.1, 0.15) is 25.3 Å². The van der Waals surface area contributed by atoms with Gasteiger partial charge in [0.2, 0.25) is 10.0 Å². The molecule has 1 aliphatic heterocycles. The highest BCUT2D eigenvalue weighted by atomic mass is 32.2. The average molecular weight is 310 g/mol. The van der Waals surface area contributed by atoms with Crippen molar-refractivity contribution in [2.45, 2.75) is 24.7 Å². The van der Waals surface area contributed by atoms with E-state index in [1.54, 1.807) is 0 Å². The molecular weight excluding hydrogens is 291 g/mol. The molecule has 1 aromatic rings. The fourth-order valence-electron chi connectivity index (χ4n) is 2.46. The lowest BCUT2D eigenvalue weighted by Crippen LogP contribution is -2.29. The molecule has 0 amide bonds. The molecule has 21 heavy (non-hydrogen) atoms. The van der Waals surface area contributed by atoms with Crippen molar-refractivity contribution < 1.29 is 12.8 Å². The fraction of sp³-hybridized carbons (Fsp3) is 0.467. The fourth-order valence-corrected chi connectivity index (χ4v) is 4.12. The lowest BCUT2D eigenvalue weighted by Gasteiger charge is -2.17. The first kappa shape index (κ1) is 16.0. The van der Waals surface area contributed by atoms with Crippen LogP contribution >= 0.6 is 0 Å². The number of halogens is 1. The number of rotatable bonds is 3. The van der Waals surface area contributed by atoms with Crippen LogP contribution in [0.25, 0.3) is 0 Å². The Balaban J connectivity index is 2.40. The Morgan fingerprint density at radius 3 is 2.86 bits per heavy atom. The Hall–Kier alpha value is -1.42. The summed E-state index contributed by atoms with van der Waals surface area (Å²) in [7, 11) is -3.64. The van der Waals surface area contributed by atoms with Crippen molar-refractivity contribution in [2.75, 3.05) is 19.6 Å². The second kappa shape index (κ2) is 6.56. The molecule has 0 spiro atoms. The first-order valence-corrected chi connectivity index (χ1v) is 8.41. The van der Waals surface area contributed by atoms with Gasteiger partial charge in [-0.05, 0) is 30.5 Å². The molecule has 2 rings (SSSR count). The summed E-state index contributed by atoms with van der Waals surface area (Å²) in [4.78, 5) is 0.0570. The molecule has 0 aromatic heterocycles. The highest BCUT2D eigenvalue weighted by molar-refractivity contribution is 7.89. The van der Waals surface area contributed by atoms with Gasteiger partial charge in [-0.3, -0.25) is 0 Å². The smallest absolute Gasteiger partial charge is 0.244 e. The number of nitrogens with two attached hydrogens (primary N) is 1. The lowest BCUT2D eigenvalue weighted by atomic mass is 10.1. The van der Waals surface area contributed by atoms with Crippen LogP contribution in [0.3, 0.4) is 0 Å². The minimum Gasteiger partial charge on any atom is -0.320 e. The van der Waals surface area contributed by atoms with Crippen molar-refractivity contribution in [1.29, 1.82) is 0 Å².